The Balaban J connectivity index is 1.50. The molecule has 1 fully saturated rings. The Hall–Kier alpha value is -3.53. The van der Waals surface area contributed by atoms with Crippen molar-refractivity contribution in [3.05, 3.63) is 143 Å². The van der Waals surface area contributed by atoms with Crippen LogP contribution >= 0.6 is 0 Å². The van der Waals surface area contributed by atoms with Crippen LogP contribution in [0.1, 0.15) is 45.8 Å². The van der Waals surface area contributed by atoms with E-state index in [0.29, 0.717) is 6.42 Å². The summed E-state index contributed by atoms with van der Waals surface area (Å²) >= 11 is 0. The van der Waals surface area contributed by atoms with E-state index in [2.05, 4.69) is 121 Å². The van der Waals surface area contributed by atoms with Crippen molar-refractivity contribution < 1.29 is 4.79 Å². The van der Waals surface area contributed by atoms with Crippen molar-refractivity contribution in [2.45, 2.75) is 31.8 Å². The van der Waals surface area contributed by atoms with Gasteiger partial charge in [0.15, 0.2) is 0 Å². The molecule has 3 heteroatoms. The summed E-state index contributed by atoms with van der Waals surface area (Å²) in [5.74, 6) is 0. The van der Waals surface area contributed by atoms with E-state index in [1.165, 1.54) is 33.4 Å². The maximum absolute atomic E-state index is 12.2. The molecule has 1 aliphatic heterocycles. The summed E-state index contributed by atoms with van der Waals surface area (Å²) in [6.07, 6.45) is 1.52. The van der Waals surface area contributed by atoms with Crippen LogP contribution in [0.3, 0.4) is 0 Å². The molecule has 0 saturated carbocycles. The van der Waals surface area contributed by atoms with Gasteiger partial charge in [-0.2, -0.15) is 0 Å². The van der Waals surface area contributed by atoms with Crippen LogP contribution in [0.4, 0.5) is 0 Å². The highest BCUT2D eigenvalue weighted by molar-refractivity contribution is 5.57. The van der Waals surface area contributed by atoms with Gasteiger partial charge in [0.05, 0.1) is 11.6 Å². The number of aryl methyl sites for hydroxylation is 2. The SMILES string of the molecule is Cc1ccc(C(c2ccccc2)N2CCN(C(CC=O)(c3ccccc3)c3ccccc3)CC2)c(C)c1. The number of nitrogens with zero attached hydrogens (tertiary/aromatic N) is 2. The van der Waals surface area contributed by atoms with Crippen molar-refractivity contribution in [1.29, 1.82) is 0 Å². The molecule has 0 spiro atoms. The molecule has 0 bridgehead atoms. The molecule has 188 valence electrons. The predicted molar refractivity (Wildman–Crippen MR) is 152 cm³/mol. The summed E-state index contributed by atoms with van der Waals surface area (Å²) in [6.45, 7) is 8.00. The van der Waals surface area contributed by atoms with Gasteiger partial charge in [0.2, 0.25) is 0 Å². The summed E-state index contributed by atoms with van der Waals surface area (Å²) in [5, 5.41) is 0. The topological polar surface area (TPSA) is 23.6 Å². The minimum absolute atomic E-state index is 0.206. The molecule has 1 heterocycles. The van der Waals surface area contributed by atoms with Crippen LogP contribution in [0.15, 0.2) is 109 Å². The molecule has 0 amide bonds. The van der Waals surface area contributed by atoms with Crippen LogP contribution in [0.2, 0.25) is 0 Å². The highest BCUT2D eigenvalue weighted by Crippen LogP contribution is 2.40. The second-order valence-electron chi connectivity index (χ2n) is 10.2. The Morgan fingerprint density at radius 2 is 1.27 bits per heavy atom. The summed E-state index contributed by atoms with van der Waals surface area (Å²) < 4.78 is 0. The Bertz CT molecular complexity index is 1260. The summed E-state index contributed by atoms with van der Waals surface area (Å²) in [4.78, 5) is 17.3. The first-order valence-electron chi connectivity index (χ1n) is 13.3. The molecule has 5 rings (SSSR count). The molecule has 1 atom stereocenters. The van der Waals surface area contributed by atoms with Gasteiger partial charge >= 0.3 is 0 Å². The molecular formula is C34H36N2O. The first-order valence-corrected chi connectivity index (χ1v) is 13.3. The summed E-state index contributed by atoms with van der Waals surface area (Å²) in [5.41, 5.74) is 7.20. The van der Waals surface area contributed by atoms with E-state index in [0.717, 1.165) is 32.5 Å². The quantitative estimate of drug-likeness (QED) is 0.263. The monoisotopic (exact) mass is 488 g/mol. The molecule has 1 aliphatic rings. The first-order chi connectivity index (χ1) is 18.1. The van der Waals surface area contributed by atoms with Crippen molar-refractivity contribution >= 4 is 6.29 Å². The van der Waals surface area contributed by atoms with Crippen LogP contribution in [0.5, 0.6) is 0 Å². The molecule has 0 N–H and O–H groups in total. The third-order valence-corrected chi connectivity index (χ3v) is 7.94. The lowest BCUT2D eigenvalue weighted by Gasteiger charge is -2.49. The minimum Gasteiger partial charge on any atom is -0.303 e. The Labute approximate surface area is 221 Å². The van der Waals surface area contributed by atoms with Gasteiger partial charge in [-0.15, -0.1) is 0 Å². The third kappa shape index (κ3) is 5.02. The first kappa shape index (κ1) is 25.1. The zero-order valence-corrected chi connectivity index (χ0v) is 21.9. The van der Waals surface area contributed by atoms with E-state index in [-0.39, 0.29) is 6.04 Å². The van der Waals surface area contributed by atoms with E-state index in [1.807, 2.05) is 12.1 Å². The van der Waals surface area contributed by atoms with Crippen molar-refractivity contribution in [2.75, 3.05) is 26.2 Å². The Kier molecular flexibility index (Phi) is 7.64. The minimum atomic E-state index is -0.474. The lowest BCUT2D eigenvalue weighted by atomic mass is 9.78. The highest BCUT2D eigenvalue weighted by atomic mass is 16.1. The largest absolute Gasteiger partial charge is 0.303 e. The zero-order valence-electron chi connectivity index (χ0n) is 21.9. The fourth-order valence-corrected chi connectivity index (χ4v) is 6.16. The number of hydrogen-bond acceptors (Lipinski definition) is 3. The summed E-state index contributed by atoms with van der Waals surface area (Å²) in [7, 11) is 0. The van der Waals surface area contributed by atoms with Gasteiger partial charge in [-0.1, -0.05) is 115 Å². The molecule has 37 heavy (non-hydrogen) atoms. The molecule has 1 saturated heterocycles. The average molecular weight is 489 g/mol. The van der Waals surface area contributed by atoms with Crippen LogP contribution in [-0.2, 0) is 10.3 Å². The lowest BCUT2D eigenvalue weighted by molar-refractivity contribution is -0.110. The molecule has 4 aromatic carbocycles. The van der Waals surface area contributed by atoms with Gasteiger partial charge in [0.1, 0.15) is 6.29 Å². The van der Waals surface area contributed by atoms with Crippen LogP contribution in [0.25, 0.3) is 0 Å². The van der Waals surface area contributed by atoms with Gasteiger partial charge in [-0.25, -0.2) is 0 Å². The maximum Gasteiger partial charge on any atom is 0.122 e. The van der Waals surface area contributed by atoms with Crippen molar-refractivity contribution in [1.82, 2.24) is 9.80 Å². The smallest absolute Gasteiger partial charge is 0.122 e. The number of carbonyl (C=O) groups is 1. The van der Waals surface area contributed by atoms with Crippen LogP contribution in [-0.4, -0.2) is 42.3 Å². The van der Waals surface area contributed by atoms with Crippen molar-refractivity contribution in [3.63, 3.8) is 0 Å². The predicted octanol–water partition coefficient (Wildman–Crippen LogP) is 6.54. The number of rotatable bonds is 8. The Morgan fingerprint density at radius 3 is 1.78 bits per heavy atom. The number of benzene rings is 4. The average Bonchev–Trinajstić information content (AvgIpc) is 2.95. The molecule has 0 aromatic heterocycles. The Morgan fingerprint density at radius 1 is 0.730 bits per heavy atom. The van der Waals surface area contributed by atoms with E-state index in [9.17, 15) is 4.79 Å². The van der Waals surface area contributed by atoms with Crippen molar-refractivity contribution in [3.8, 4) is 0 Å². The van der Waals surface area contributed by atoms with Gasteiger partial charge < -0.3 is 4.79 Å². The normalized spacial score (nSPS) is 15.8. The maximum atomic E-state index is 12.2. The van der Waals surface area contributed by atoms with E-state index in [4.69, 9.17) is 0 Å². The van der Waals surface area contributed by atoms with Gasteiger partial charge in [0, 0.05) is 32.6 Å². The molecular weight excluding hydrogens is 452 g/mol. The van der Waals surface area contributed by atoms with E-state index >= 15 is 0 Å². The molecule has 0 aliphatic carbocycles. The van der Waals surface area contributed by atoms with Crippen LogP contribution < -0.4 is 0 Å². The molecule has 0 radical (unpaired) electrons. The van der Waals surface area contributed by atoms with Crippen molar-refractivity contribution in [2.24, 2.45) is 0 Å². The standard InChI is InChI=1S/C34H36N2O/c1-27-18-19-32(28(2)26-27)33(29-12-6-3-7-13-29)35-21-23-36(24-22-35)34(20-25-37,30-14-8-4-9-15-30)31-16-10-5-11-17-31/h3-19,25-26,33H,20-24H2,1-2H3. The molecule has 3 nitrogen and oxygen atoms in total. The fourth-order valence-electron chi connectivity index (χ4n) is 6.16. The number of piperazine rings is 1. The van der Waals surface area contributed by atoms with E-state index < -0.39 is 5.54 Å². The molecule has 1 unspecified atom stereocenters. The molecule has 4 aromatic rings. The van der Waals surface area contributed by atoms with Gasteiger partial charge in [-0.3, -0.25) is 9.80 Å². The second kappa shape index (κ2) is 11.2. The second-order valence-corrected chi connectivity index (χ2v) is 10.2. The van der Waals surface area contributed by atoms with E-state index in [1.54, 1.807) is 0 Å². The fraction of sp³-hybridized carbons (Fsp3) is 0.265. The number of aldehydes is 1. The lowest BCUT2D eigenvalue weighted by Crippen LogP contribution is -2.56. The van der Waals surface area contributed by atoms with Gasteiger partial charge in [-0.05, 0) is 41.7 Å². The van der Waals surface area contributed by atoms with Gasteiger partial charge in [0.25, 0.3) is 0 Å². The highest BCUT2D eigenvalue weighted by Gasteiger charge is 2.42. The number of carbonyl (C=O) groups excluding carboxylic acids is 1. The third-order valence-electron chi connectivity index (χ3n) is 7.94. The zero-order chi connectivity index (χ0) is 25.7. The summed E-state index contributed by atoms with van der Waals surface area (Å²) in [6, 6.07) is 39.0. The number of hydrogen-bond donors (Lipinski definition) is 0. The van der Waals surface area contributed by atoms with Crippen LogP contribution in [0, 0.1) is 13.8 Å².